The largest absolute Gasteiger partial charge is 0.450 e. The molecule has 0 radical (unpaired) electrons. The van der Waals surface area contributed by atoms with Crippen LogP contribution in [0.3, 0.4) is 0 Å². The normalized spacial score (nSPS) is 15.6. The Labute approximate surface area is 121 Å². The molecule has 0 atom stereocenters. The van der Waals surface area contributed by atoms with Gasteiger partial charge in [-0.25, -0.2) is 9.78 Å². The van der Waals surface area contributed by atoms with Gasteiger partial charge in [-0.1, -0.05) is 0 Å². The lowest BCUT2D eigenvalue weighted by Crippen LogP contribution is -2.46. The summed E-state index contributed by atoms with van der Waals surface area (Å²) < 4.78 is 4.93. The lowest BCUT2D eigenvalue weighted by Gasteiger charge is -2.31. The zero-order valence-electron chi connectivity index (χ0n) is 11.8. The molecular weight excluding hydrogens is 276 g/mol. The molecule has 8 heteroatoms. The second kappa shape index (κ2) is 6.87. The van der Waals surface area contributed by atoms with E-state index in [4.69, 9.17) is 4.74 Å². The number of H-pyrrole nitrogens is 1. The number of hydrogen-bond donors (Lipinski definition) is 2. The van der Waals surface area contributed by atoms with E-state index in [1.807, 2.05) is 0 Å². The monoisotopic (exact) mass is 294 g/mol. The van der Waals surface area contributed by atoms with Crippen molar-refractivity contribution in [2.45, 2.75) is 25.8 Å². The highest BCUT2D eigenvalue weighted by Crippen LogP contribution is 2.11. The first kappa shape index (κ1) is 15.0. The molecule has 0 saturated carbocycles. The number of nitrogens with one attached hydrogen (secondary N) is 2. The van der Waals surface area contributed by atoms with Crippen LogP contribution in [0.4, 0.5) is 4.79 Å². The van der Waals surface area contributed by atoms with Crippen molar-refractivity contribution >= 4 is 12.0 Å². The van der Waals surface area contributed by atoms with E-state index >= 15 is 0 Å². The molecule has 2 rings (SSSR count). The molecule has 2 heterocycles. The third-order valence-corrected chi connectivity index (χ3v) is 3.27. The van der Waals surface area contributed by atoms with Crippen LogP contribution >= 0.6 is 0 Å². The maximum absolute atomic E-state index is 12.0. The standard InChI is InChI=1S/C13H18N4O4/c1-2-21-13(20)17-5-3-9(4-6-17)16-12(19)10-7-11(18)15-8-14-10/h7-9H,2-6H2,1H3,(H,16,19)(H,14,15,18). The third-order valence-electron chi connectivity index (χ3n) is 3.27. The van der Waals surface area contributed by atoms with Gasteiger partial charge in [0.1, 0.15) is 5.69 Å². The van der Waals surface area contributed by atoms with Crippen molar-refractivity contribution in [3.05, 3.63) is 28.4 Å². The first-order valence-corrected chi connectivity index (χ1v) is 6.87. The minimum atomic E-state index is -0.379. The van der Waals surface area contributed by atoms with Crippen LogP contribution in [-0.4, -0.2) is 52.6 Å². The molecule has 1 fully saturated rings. The smallest absolute Gasteiger partial charge is 0.409 e. The van der Waals surface area contributed by atoms with Gasteiger partial charge in [0, 0.05) is 25.2 Å². The lowest BCUT2D eigenvalue weighted by molar-refractivity contribution is 0.0856. The molecular formula is C13H18N4O4. The molecule has 21 heavy (non-hydrogen) atoms. The molecule has 2 amide bonds. The zero-order valence-corrected chi connectivity index (χ0v) is 11.8. The second-order valence-corrected chi connectivity index (χ2v) is 4.73. The van der Waals surface area contributed by atoms with Crippen molar-refractivity contribution in [3.8, 4) is 0 Å². The van der Waals surface area contributed by atoms with Gasteiger partial charge in [0.2, 0.25) is 0 Å². The Kier molecular flexibility index (Phi) is 4.91. The van der Waals surface area contributed by atoms with Crippen molar-refractivity contribution in [2.75, 3.05) is 19.7 Å². The van der Waals surface area contributed by atoms with Gasteiger partial charge in [0.15, 0.2) is 0 Å². The Morgan fingerprint density at radius 1 is 1.48 bits per heavy atom. The minimum Gasteiger partial charge on any atom is -0.450 e. The summed E-state index contributed by atoms with van der Waals surface area (Å²) in [7, 11) is 0. The number of nitrogens with zero attached hydrogens (tertiary/aromatic N) is 2. The summed E-state index contributed by atoms with van der Waals surface area (Å²) in [5, 5.41) is 2.82. The highest BCUT2D eigenvalue weighted by Gasteiger charge is 2.25. The van der Waals surface area contributed by atoms with Crippen molar-refractivity contribution in [1.82, 2.24) is 20.2 Å². The van der Waals surface area contributed by atoms with Gasteiger partial charge in [-0.05, 0) is 19.8 Å². The summed E-state index contributed by atoms with van der Waals surface area (Å²) in [5.74, 6) is -0.379. The molecule has 0 aliphatic carbocycles. The van der Waals surface area contributed by atoms with Crippen LogP contribution in [0.5, 0.6) is 0 Å². The summed E-state index contributed by atoms with van der Waals surface area (Å²) >= 11 is 0. The molecule has 1 aliphatic rings. The third kappa shape index (κ3) is 4.04. The number of aromatic amines is 1. The average Bonchev–Trinajstić information content (AvgIpc) is 2.48. The molecule has 0 spiro atoms. The molecule has 1 aliphatic heterocycles. The minimum absolute atomic E-state index is 0.0377. The number of likely N-dealkylation sites (tertiary alicyclic amines) is 1. The molecule has 8 nitrogen and oxygen atoms in total. The lowest BCUT2D eigenvalue weighted by atomic mass is 10.1. The highest BCUT2D eigenvalue weighted by atomic mass is 16.6. The summed E-state index contributed by atoms with van der Waals surface area (Å²) in [5.41, 5.74) is -0.279. The van der Waals surface area contributed by atoms with Gasteiger partial charge >= 0.3 is 6.09 Å². The fraction of sp³-hybridized carbons (Fsp3) is 0.538. The number of amides is 2. The zero-order chi connectivity index (χ0) is 15.2. The number of rotatable bonds is 3. The molecule has 1 aromatic rings. The first-order valence-electron chi connectivity index (χ1n) is 6.87. The summed E-state index contributed by atoms with van der Waals surface area (Å²) in [4.78, 5) is 42.4. The number of carbonyl (C=O) groups excluding carboxylic acids is 2. The van der Waals surface area contributed by atoms with Crippen LogP contribution in [0.25, 0.3) is 0 Å². The van der Waals surface area contributed by atoms with Crippen LogP contribution in [0, 0.1) is 0 Å². The number of hydrogen-bond acceptors (Lipinski definition) is 5. The Morgan fingerprint density at radius 3 is 2.81 bits per heavy atom. The molecule has 0 unspecified atom stereocenters. The van der Waals surface area contributed by atoms with Gasteiger partial charge in [0.25, 0.3) is 11.5 Å². The van der Waals surface area contributed by atoms with Gasteiger partial charge in [-0.3, -0.25) is 9.59 Å². The number of piperidine rings is 1. The number of ether oxygens (including phenoxy) is 1. The Hall–Kier alpha value is -2.38. The van der Waals surface area contributed by atoms with Crippen LogP contribution < -0.4 is 10.9 Å². The maximum Gasteiger partial charge on any atom is 0.409 e. The highest BCUT2D eigenvalue weighted by molar-refractivity contribution is 5.92. The van der Waals surface area contributed by atoms with Crippen molar-refractivity contribution in [2.24, 2.45) is 0 Å². The van der Waals surface area contributed by atoms with Crippen LogP contribution in [-0.2, 0) is 4.74 Å². The molecule has 0 bridgehead atoms. The topological polar surface area (TPSA) is 104 Å². The molecule has 0 aromatic carbocycles. The van der Waals surface area contributed by atoms with Gasteiger partial charge in [-0.2, -0.15) is 0 Å². The molecule has 1 saturated heterocycles. The predicted molar refractivity (Wildman–Crippen MR) is 73.9 cm³/mol. The first-order chi connectivity index (χ1) is 10.1. The van der Waals surface area contributed by atoms with Crippen LogP contribution in [0.15, 0.2) is 17.2 Å². The van der Waals surface area contributed by atoms with E-state index in [1.165, 1.54) is 6.33 Å². The van der Waals surface area contributed by atoms with E-state index in [0.717, 1.165) is 6.07 Å². The number of aromatic nitrogens is 2. The fourth-order valence-electron chi connectivity index (χ4n) is 2.17. The van der Waals surface area contributed by atoms with Gasteiger partial charge < -0.3 is 19.9 Å². The van der Waals surface area contributed by atoms with E-state index < -0.39 is 0 Å². The van der Waals surface area contributed by atoms with Crippen molar-refractivity contribution < 1.29 is 14.3 Å². The second-order valence-electron chi connectivity index (χ2n) is 4.73. The average molecular weight is 294 g/mol. The Bertz CT molecular complexity index is 563. The molecule has 1 aromatic heterocycles. The maximum atomic E-state index is 12.0. The van der Waals surface area contributed by atoms with E-state index in [2.05, 4.69) is 15.3 Å². The van der Waals surface area contributed by atoms with E-state index in [0.29, 0.717) is 32.5 Å². The summed E-state index contributed by atoms with van der Waals surface area (Å²) in [6, 6.07) is 1.12. The van der Waals surface area contributed by atoms with Crippen LogP contribution in [0.1, 0.15) is 30.3 Å². The Morgan fingerprint density at radius 2 is 2.19 bits per heavy atom. The molecule has 114 valence electrons. The summed E-state index contributed by atoms with van der Waals surface area (Å²) in [6.45, 7) is 3.18. The predicted octanol–water partition coefficient (Wildman–Crippen LogP) is 0.121. The summed E-state index contributed by atoms with van der Waals surface area (Å²) in [6.07, 6.45) is 2.17. The SMILES string of the molecule is CCOC(=O)N1CCC(NC(=O)c2cc(=O)[nH]cn2)CC1. The quantitative estimate of drug-likeness (QED) is 0.824. The van der Waals surface area contributed by atoms with Crippen molar-refractivity contribution in [3.63, 3.8) is 0 Å². The van der Waals surface area contributed by atoms with Gasteiger partial charge in [-0.15, -0.1) is 0 Å². The molecule has 2 N–H and O–H groups in total. The van der Waals surface area contributed by atoms with Crippen LogP contribution in [0.2, 0.25) is 0 Å². The number of carbonyl (C=O) groups is 2. The fourth-order valence-corrected chi connectivity index (χ4v) is 2.17. The van der Waals surface area contributed by atoms with E-state index in [-0.39, 0.29) is 29.3 Å². The van der Waals surface area contributed by atoms with E-state index in [9.17, 15) is 14.4 Å². The Balaban J connectivity index is 1.85. The van der Waals surface area contributed by atoms with E-state index in [1.54, 1.807) is 11.8 Å². The van der Waals surface area contributed by atoms with Gasteiger partial charge in [0.05, 0.1) is 12.9 Å². The van der Waals surface area contributed by atoms with Crippen molar-refractivity contribution in [1.29, 1.82) is 0 Å².